The van der Waals surface area contributed by atoms with Gasteiger partial charge in [-0.2, -0.15) is 0 Å². The van der Waals surface area contributed by atoms with Crippen molar-refractivity contribution in [2.75, 3.05) is 45.8 Å². The SMILES string of the molecule is CCCC(CNCC)N1CCC(CN2CCCC2)CC1. The van der Waals surface area contributed by atoms with Crippen LogP contribution in [0.2, 0.25) is 0 Å². The number of hydrogen-bond donors (Lipinski definition) is 1. The van der Waals surface area contributed by atoms with Crippen LogP contribution in [0, 0.1) is 5.92 Å². The summed E-state index contributed by atoms with van der Waals surface area (Å²) in [7, 11) is 0. The quantitative estimate of drug-likeness (QED) is 0.738. The molecule has 1 N–H and O–H groups in total. The van der Waals surface area contributed by atoms with Crippen LogP contribution in [0.1, 0.15) is 52.4 Å². The van der Waals surface area contributed by atoms with Crippen molar-refractivity contribution in [3.8, 4) is 0 Å². The normalized spacial score (nSPS) is 24.3. The van der Waals surface area contributed by atoms with E-state index in [-0.39, 0.29) is 0 Å². The number of likely N-dealkylation sites (tertiary alicyclic amines) is 2. The van der Waals surface area contributed by atoms with Crippen LogP contribution in [0.5, 0.6) is 0 Å². The number of nitrogens with one attached hydrogen (secondary N) is 1. The average Bonchev–Trinajstić information content (AvgIpc) is 2.97. The molecular formula is C17H35N3. The molecule has 0 aromatic heterocycles. The van der Waals surface area contributed by atoms with E-state index in [1.54, 1.807) is 0 Å². The topological polar surface area (TPSA) is 18.5 Å². The molecule has 1 atom stereocenters. The van der Waals surface area contributed by atoms with E-state index >= 15 is 0 Å². The fraction of sp³-hybridized carbons (Fsp3) is 1.00. The number of likely N-dealkylation sites (N-methyl/N-ethyl adjacent to an activating group) is 1. The summed E-state index contributed by atoms with van der Waals surface area (Å²) in [5.41, 5.74) is 0. The van der Waals surface area contributed by atoms with Crippen LogP contribution < -0.4 is 5.32 Å². The van der Waals surface area contributed by atoms with E-state index in [4.69, 9.17) is 0 Å². The van der Waals surface area contributed by atoms with Crippen LogP contribution in [0.15, 0.2) is 0 Å². The lowest BCUT2D eigenvalue weighted by Gasteiger charge is -2.38. The highest BCUT2D eigenvalue weighted by molar-refractivity contribution is 4.82. The van der Waals surface area contributed by atoms with Crippen LogP contribution in [0.3, 0.4) is 0 Å². The van der Waals surface area contributed by atoms with E-state index in [2.05, 4.69) is 29.0 Å². The molecule has 118 valence electrons. The molecule has 0 radical (unpaired) electrons. The lowest BCUT2D eigenvalue weighted by Crippen LogP contribution is -2.47. The molecule has 0 aromatic carbocycles. The van der Waals surface area contributed by atoms with Crippen molar-refractivity contribution in [2.45, 2.75) is 58.4 Å². The van der Waals surface area contributed by atoms with Gasteiger partial charge in [0.25, 0.3) is 0 Å². The largest absolute Gasteiger partial charge is 0.315 e. The fourth-order valence-corrected chi connectivity index (χ4v) is 3.89. The van der Waals surface area contributed by atoms with Crippen LogP contribution in [0.4, 0.5) is 0 Å². The van der Waals surface area contributed by atoms with Crippen LogP contribution in [0.25, 0.3) is 0 Å². The van der Waals surface area contributed by atoms with Gasteiger partial charge < -0.3 is 10.2 Å². The summed E-state index contributed by atoms with van der Waals surface area (Å²) in [5, 5.41) is 3.55. The zero-order valence-electron chi connectivity index (χ0n) is 13.7. The van der Waals surface area contributed by atoms with Gasteiger partial charge in [-0.25, -0.2) is 0 Å². The smallest absolute Gasteiger partial charge is 0.0220 e. The zero-order valence-corrected chi connectivity index (χ0v) is 13.7. The van der Waals surface area contributed by atoms with E-state index in [9.17, 15) is 0 Å². The number of piperidine rings is 1. The van der Waals surface area contributed by atoms with Crippen molar-refractivity contribution in [1.82, 2.24) is 15.1 Å². The third kappa shape index (κ3) is 5.01. The predicted octanol–water partition coefficient (Wildman–Crippen LogP) is 2.57. The molecule has 0 bridgehead atoms. The van der Waals surface area contributed by atoms with Crippen molar-refractivity contribution >= 4 is 0 Å². The molecule has 1 unspecified atom stereocenters. The summed E-state index contributed by atoms with van der Waals surface area (Å²) in [6.45, 7) is 13.6. The predicted molar refractivity (Wildman–Crippen MR) is 87.2 cm³/mol. The molecule has 20 heavy (non-hydrogen) atoms. The Balaban J connectivity index is 1.70. The lowest BCUT2D eigenvalue weighted by atomic mass is 9.94. The first-order chi connectivity index (χ1) is 9.83. The third-order valence-corrected chi connectivity index (χ3v) is 5.13. The van der Waals surface area contributed by atoms with Gasteiger partial charge in [0, 0.05) is 19.1 Å². The molecule has 2 aliphatic heterocycles. The van der Waals surface area contributed by atoms with Crippen molar-refractivity contribution in [3.05, 3.63) is 0 Å². The number of rotatable bonds is 8. The average molecular weight is 281 g/mol. The molecular weight excluding hydrogens is 246 g/mol. The van der Waals surface area contributed by atoms with E-state index in [1.807, 2.05) is 0 Å². The minimum absolute atomic E-state index is 0.771. The summed E-state index contributed by atoms with van der Waals surface area (Å²) < 4.78 is 0. The second kappa shape index (κ2) is 9.01. The Morgan fingerprint density at radius 1 is 1.05 bits per heavy atom. The lowest BCUT2D eigenvalue weighted by molar-refractivity contribution is 0.109. The summed E-state index contributed by atoms with van der Waals surface area (Å²) in [5.74, 6) is 0.964. The molecule has 2 heterocycles. The summed E-state index contributed by atoms with van der Waals surface area (Å²) in [4.78, 5) is 5.45. The number of nitrogens with zero attached hydrogens (tertiary/aromatic N) is 2. The van der Waals surface area contributed by atoms with Crippen molar-refractivity contribution < 1.29 is 0 Å². The van der Waals surface area contributed by atoms with Gasteiger partial charge >= 0.3 is 0 Å². The molecule has 0 aliphatic carbocycles. The van der Waals surface area contributed by atoms with E-state index in [0.717, 1.165) is 18.5 Å². The Morgan fingerprint density at radius 2 is 1.75 bits per heavy atom. The molecule has 2 saturated heterocycles. The van der Waals surface area contributed by atoms with Gasteiger partial charge in [-0.05, 0) is 70.7 Å². The van der Waals surface area contributed by atoms with Gasteiger partial charge in [-0.15, -0.1) is 0 Å². The first-order valence-electron chi connectivity index (χ1n) is 9.00. The van der Waals surface area contributed by atoms with Crippen molar-refractivity contribution in [1.29, 1.82) is 0 Å². The van der Waals surface area contributed by atoms with Crippen molar-refractivity contribution in [3.63, 3.8) is 0 Å². The monoisotopic (exact) mass is 281 g/mol. The van der Waals surface area contributed by atoms with E-state index < -0.39 is 0 Å². The van der Waals surface area contributed by atoms with Gasteiger partial charge in [0.05, 0.1) is 0 Å². The molecule has 3 heteroatoms. The standard InChI is InChI=1S/C17H35N3/c1-3-7-17(14-18-4-2)20-12-8-16(9-13-20)15-19-10-5-6-11-19/h16-18H,3-15H2,1-2H3. The Kier molecular flexibility index (Phi) is 7.32. The maximum absolute atomic E-state index is 3.55. The maximum Gasteiger partial charge on any atom is 0.0220 e. The summed E-state index contributed by atoms with van der Waals surface area (Å²) >= 11 is 0. The number of hydrogen-bond acceptors (Lipinski definition) is 3. The van der Waals surface area contributed by atoms with Gasteiger partial charge in [0.2, 0.25) is 0 Å². The maximum atomic E-state index is 3.55. The van der Waals surface area contributed by atoms with Gasteiger partial charge in [0.1, 0.15) is 0 Å². The van der Waals surface area contributed by atoms with Gasteiger partial charge in [0.15, 0.2) is 0 Å². The van der Waals surface area contributed by atoms with Crippen LogP contribution >= 0.6 is 0 Å². The molecule has 0 aromatic rings. The molecule has 0 amide bonds. The second-order valence-electron chi connectivity index (χ2n) is 6.74. The second-order valence-corrected chi connectivity index (χ2v) is 6.74. The first kappa shape index (κ1) is 16.3. The molecule has 2 fully saturated rings. The Labute approximate surface area is 126 Å². The minimum atomic E-state index is 0.771. The van der Waals surface area contributed by atoms with Gasteiger partial charge in [-0.1, -0.05) is 20.3 Å². The van der Waals surface area contributed by atoms with E-state index in [1.165, 1.54) is 77.8 Å². The van der Waals surface area contributed by atoms with Gasteiger partial charge in [-0.3, -0.25) is 4.90 Å². The highest BCUT2D eigenvalue weighted by Gasteiger charge is 2.26. The third-order valence-electron chi connectivity index (χ3n) is 5.13. The summed E-state index contributed by atoms with van der Waals surface area (Å²) in [6.07, 6.45) is 8.36. The fourth-order valence-electron chi connectivity index (χ4n) is 3.89. The molecule has 0 spiro atoms. The molecule has 3 nitrogen and oxygen atoms in total. The molecule has 2 aliphatic rings. The zero-order chi connectivity index (χ0) is 14.2. The van der Waals surface area contributed by atoms with Crippen LogP contribution in [-0.4, -0.2) is 61.7 Å². The summed E-state index contributed by atoms with van der Waals surface area (Å²) in [6, 6.07) is 0.771. The van der Waals surface area contributed by atoms with E-state index in [0.29, 0.717) is 0 Å². The van der Waals surface area contributed by atoms with Crippen molar-refractivity contribution in [2.24, 2.45) is 5.92 Å². The van der Waals surface area contributed by atoms with Crippen LogP contribution in [-0.2, 0) is 0 Å². The molecule has 2 rings (SSSR count). The molecule has 0 saturated carbocycles. The first-order valence-corrected chi connectivity index (χ1v) is 9.00. The highest BCUT2D eigenvalue weighted by atomic mass is 15.2. The Bertz CT molecular complexity index is 243. The Hall–Kier alpha value is -0.120. The Morgan fingerprint density at radius 3 is 2.35 bits per heavy atom. The highest BCUT2D eigenvalue weighted by Crippen LogP contribution is 2.22. The minimum Gasteiger partial charge on any atom is -0.315 e.